The highest BCUT2D eigenvalue weighted by molar-refractivity contribution is 5.99. The van der Waals surface area contributed by atoms with Crippen LogP contribution in [-0.4, -0.2) is 29.1 Å². The van der Waals surface area contributed by atoms with E-state index in [1.807, 2.05) is 49.4 Å². The smallest absolute Gasteiger partial charge is 0.330 e. The summed E-state index contributed by atoms with van der Waals surface area (Å²) in [5.41, 5.74) is 9.61. The standard InChI is InChI=1S/C26H26N2O4/c1-17-5-4-6-18(13-17)11-12-32-23-14-19(9-10-22(23)27)24(29)28-26(25(30)31)15-20-7-2-3-8-21(20)16-26/h2-10,13-14H,11-12,15-16,27H2,1H3,(H,28,29)(H,30,31). The summed E-state index contributed by atoms with van der Waals surface area (Å²) in [5.74, 6) is -1.11. The van der Waals surface area contributed by atoms with E-state index in [2.05, 4.69) is 11.4 Å². The number of aliphatic carboxylic acids is 1. The quantitative estimate of drug-likeness (QED) is 0.498. The lowest BCUT2D eigenvalue weighted by atomic mass is 9.95. The van der Waals surface area contributed by atoms with E-state index in [0.717, 1.165) is 16.7 Å². The molecule has 0 heterocycles. The van der Waals surface area contributed by atoms with Gasteiger partial charge in [0.15, 0.2) is 0 Å². The molecule has 4 rings (SSSR count). The first-order valence-electron chi connectivity index (χ1n) is 10.6. The van der Waals surface area contributed by atoms with Crippen molar-refractivity contribution in [1.29, 1.82) is 0 Å². The van der Waals surface area contributed by atoms with Crippen LogP contribution in [0.5, 0.6) is 5.75 Å². The number of carbonyl (C=O) groups is 2. The average Bonchev–Trinajstić information content (AvgIpc) is 3.14. The molecule has 0 saturated carbocycles. The van der Waals surface area contributed by atoms with Crippen molar-refractivity contribution in [3.05, 3.63) is 94.5 Å². The lowest BCUT2D eigenvalue weighted by Crippen LogP contribution is -2.55. The first kappa shape index (κ1) is 21.4. The SMILES string of the molecule is Cc1cccc(CCOc2cc(C(=O)NC3(C(=O)O)Cc4ccccc4C3)ccc2N)c1. The lowest BCUT2D eigenvalue weighted by molar-refractivity contribution is -0.144. The van der Waals surface area contributed by atoms with E-state index in [0.29, 0.717) is 30.0 Å². The van der Waals surface area contributed by atoms with Crippen molar-refractivity contribution in [3.8, 4) is 5.75 Å². The molecule has 0 atom stereocenters. The van der Waals surface area contributed by atoms with Gasteiger partial charge in [-0.05, 0) is 41.8 Å². The Morgan fingerprint density at radius 3 is 2.41 bits per heavy atom. The predicted molar refractivity (Wildman–Crippen MR) is 123 cm³/mol. The Labute approximate surface area is 187 Å². The van der Waals surface area contributed by atoms with Crippen molar-refractivity contribution >= 4 is 17.6 Å². The maximum Gasteiger partial charge on any atom is 0.330 e. The summed E-state index contributed by atoms with van der Waals surface area (Å²) < 4.78 is 5.84. The molecule has 0 aliphatic heterocycles. The fourth-order valence-electron chi connectivity index (χ4n) is 4.14. The van der Waals surface area contributed by atoms with Crippen molar-refractivity contribution in [2.75, 3.05) is 12.3 Å². The number of hydrogen-bond acceptors (Lipinski definition) is 4. The number of aryl methyl sites for hydroxylation is 1. The van der Waals surface area contributed by atoms with E-state index in [4.69, 9.17) is 10.5 Å². The second-order valence-electron chi connectivity index (χ2n) is 8.30. The van der Waals surface area contributed by atoms with Crippen molar-refractivity contribution in [1.82, 2.24) is 5.32 Å². The van der Waals surface area contributed by atoms with Crippen LogP contribution in [0.15, 0.2) is 66.7 Å². The zero-order valence-electron chi connectivity index (χ0n) is 17.9. The maximum atomic E-state index is 13.0. The van der Waals surface area contributed by atoms with Gasteiger partial charge in [0.05, 0.1) is 12.3 Å². The Balaban J connectivity index is 1.46. The molecule has 0 fully saturated rings. The van der Waals surface area contributed by atoms with Crippen LogP contribution in [0.2, 0.25) is 0 Å². The van der Waals surface area contributed by atoms with Gasteiger partial charge in [-0.2, -0.15) is 0 Å². The number of nitrogens with one attached hydrogen (secondary N) is 1. The van der Waals surface area contributed by atoms with Gasteiger partial charge in [-0.3, -0.25) is 4.79 Å². The van der Waals surface area contributed by atoms with Gasteiger partial charge in [0.2, 0.25) is 0 Å². The molecule has 164 valence electrons. The number of carbonyl (C=O) groups excluding carboxylic acids is 1. The molecule has 6 nitrogen and oxygen atoms in total. The Kier molecular flexibility index (Phi) is 5.86. The minimum atomic E-state index is -1.37. The third-order valence-electron chi connectivity index (χ3n) is 5.87. The van der Waals surface area contributed by atoms with Crippen LogP contribution in [0.25, 0.3) is 0 Å². The number of fused-ring (bicyclic) bond motifs is 1. The summed E-state index contributed by atoms with van der Waals surface area (Å²) >= 11 is 0. The number of rotatable bonds is 7. The van der Waals surface area contributed by atoms with Crippen LogP contribution in [0.1, 0.15) is 32.6 Å². The van der Waals surface area contributed by atoms with Gasteiger partial charge in [0.1, 0.15) is 11.3 Å². The van der Waals surface area contributed by atoms with Gasteiger partial charge in [-0.25, -0.2) is 4.79 Å². The Bertz CT molecular complexity index is 1150. The van der Waals surface area contributed by atoms with Crippen LogP contribution in [-0.2, 0) is 24.1 Å². The highest BCUT2D eigenvalue weighted by atomic mass is 16.5. The number of ether oxygens (including phenoxy) is 1. The predicted octanol–water partition coefficient (Wildman–Crippen LogP) is 3.55. The van der Waals surface area contributed by atoms with E-state index in [1.165, 1.54) is 5.56 Å². The van der Waals surface area contributed by atoms with E-state index in [-0.39, 0.29) is 12.8 Å². The molecule has 32 heavy (non-hydrogen) atoms. The van der Waals surface area contributed by atoms with Gasteiger partial charge in [0, 0.05) is 24.8 Å². The zero-order valence-corrected chi connectivity index (χ0v) is 17.9. The van der Waals surface area contributed by atoms with Gasteiger partial charge in [-0.1, -0.05) is 54.1 Å². The van der Waals surface area contributed by atoms with Gasteiger partial charge in [0.25, 0.3) is 5.91 Å². The number of anilines is 1. The van der Waals surface area contributed by atoms with E-state index in [1.54, 1.807) is 18.2 Å². The Hall–Kier alpha value is -3.80. The van der Waals surface area contributed by atoms with Gasteiger partial charge in [-0.15, -0.1) is 0 Å². The van der Waals surface area contributed by atoms with E-state index >= 15 is 0 Å². The summed E-state index contributed by atoms with van der Waals surface area (Å²) in [6.45, 7) is 2.45. The molecule has 3 aromatic carbocycles. The fourth-order valence-corrected chi connectivity index (χ4v) is 4.14. The van der Waals surface area contributed by atoms with Crippen LogP contribution < -0.4 is 15.8 Å². The number of benzene rings is 3. The number of amides is 1. The Morgan fingerprint density at radius 2 is 1.75 bits per heavy atom. The molecule has 0 radical (unpaired) electrons. The van der Waals surface area contributed by atoms with E-state index in [9.17, 15) is 14.7 Å². The molecule has 0 unspecified atom stereocenters. The van der Waals surface area contributed by atoms with E-state index < -0.39 is 17.4 Å². The second kappa shape index (κ2) is 8.75. The topological polar surface area (TPSA) is 102 Å². The second-order valence-corrected chi connectivity index (χ2v) is 8.30. The lowest BCUT2D eigenvalue weighted by Gasteiger charge is -2.25. The number of nitrogen functional groups attached to an aromatic ring is 1. The minimum absolute atomic E-state index is 0.249. The van der Waals surface area contributed by atoms with Crippen molar-refractivity contribution in [2.45, 2.75) is 31.7 Å². The normalized spacial score (nSPS) is 13.9. The summed E-state index contributed by atoms with van der Waals surface area (Å²) in [7, 11) is 0. The minimum Gasteiger partial charge on any atom is -0.491 e. The number of carboxylic acid groups (broad SMARTS) is 1. The van der Waals surface area contributed by atoms with Crippen molar-refractivity contribution in [2.24, 2.45) is 0 Å². The molecule has 0 aromatic heterocycles. The summed E-state index contributed by atoms with van der Waals surface area (Å²) in [5, 5.41) is 12.7. The number of nitrogens with two attached hydrogens (primary N) is 1. The molecule has 1 aliphatic rings. The van der Waals surface area contributed by atoms with Crippen LogP contribution in [0.4, 0.5) is 5.69 Å². The average molecular weight is 431 g/mol. The number of hydrogen-bond donors (Lipinski definition) is 3. The highest BCUT2D eigenvalue weighted by Gasteiger charge is 2.45. The largest absolute Gasteiger partial charge is 0.491 e. The third kappa shape index (κ3) is 4.44. The highest BCUT2D eigenvalue weighted by Crippen LogP contribution is 2.31. The summed E-state index contributed by atoms with van der Waals surface area (Å²) in [6.07, 6.45) is 1.20. The third-order valence-corrected chi connectivity index (χ3v) is 5.87. The molecule has 1 aliphatic carbocycles. The molecular weight excluding hydrogens is 404 g/mol. The number of carboxylic acids is 1. The summed E-state index contributed by atoms with van der Waals surface area (Å²) in [6, 6.07) is 20.5. The first-order valence-corrected chi connectivity index (χ1v) is 10.6. The Morgan fingerprint density at radius 1 is 1.03 bits per heavy atom. The molecule has 1 amide bonds. The molecule has 0 bridgehead atoms. The molecule has 6 heteroatoms. The van der Waals surface area contributed by atoms with Crippen LogP contribution >= 0.6 is 0 Å². The van der Waals surface area contributed by atoms with Gasteiger partial charge >= 0.3 is 5.97 Å². The molecular formula is C26H26N2O4. The van der Waals surface area contributed by atoms with Gasteiger partial charge < -0.3 is 20.9 Å². The molecule has 4 N–H and O–H groups in total. The maximum absolute atomic E-state index is 13.0. The van der Waals surface area contributed by atoms with Crippen molar-refractivity contribution in [3.63, 3.8) is 0 Å². The summed E-state index contributed by atoms with van der Waals surface area (Å²) in [4.78, 5) is 25.1. The monoisotopic (exact) mass is 430 g/mol. The van der Waals surface area contributed by atoms with Crippen LogP contribution in [0.3, 0.4) is 0 Å². The molecule has 0 saturated heterocycles. The zero-order chi connectivity index (χ0) is 22.7. The van der Waals surface area contributed by atoms with Crippen molar-refractivity contribution < 1.29 is 19.4 Å². The molecule has 0 spiro atoms. The fraction of sp³-hybridized carbons (Fsp3) is 0.231. The first-order chi connectivity index (χ1) is 15.4. The van der Waals surface area contributed by atoms with Crippen LogP contribution in [0, 0.1) is 6.92 Å². The molecule has 3 aromatic rings.